The molecule has 1 heterocycles. The fraction of sp³-hybridized carbons (Fsp3) is 0.545. The van der Waals surface area contributed by atoms with E-state index in [-0.39, 0.29) is 12.4 Å². The van der Waals surface area contributed by atoms with E-state index in [1.165, 1.54) is 10.4 Å². The molecule has 14 heavy (non-hydrogen) atoms. The van der Waals surface area contributed by atoms with E-state index < -0.39 is 0 Å². The van der Waals surface area contributed by atoms with Gasteiger partial charge in [-0.3, -0.25) is 4.79 Å². The highest BCUT2D eigenvalue weighted by Gasteiger charge is 2.09. The Morgan fingerprint density at radius 3 is 2.71 bits per heavy atom. The Hall–Kier alpha value is -0.670. The summed E-state index contributed by atoms with van der Waals surface area (Å²) in [6.07, 6.45) is 0.954. The van der Waals surface area contributed by atoms with E-state index in [0.717, 1.165) is 11.3 Å². The summed E-state index contributed by atoms with van der Waals surface area (Å²) in [5.41, 5.74) is 1.19. The highest BCUT2D eigenvalue weighted by atomic mass is 32.1. The molecule has 0 saturated heterocycles. The van der Waals surface area contributed by atoms with Crippen LogP contribution in [0.3, 0.4) is 0 Å². The molecule has 1 rings (SSSR count). The second-order valence-corrected chi connectivity index (χ2v) is 4.58. The number of carbonyl (C=O) groups is 1. The van der Waals surface area contributed by atoms with Gasteiger partial charge in [-0.2, -0.15) is 0 Å². The van der Waals surface area contributed by atoms with Gasteiger partial charge in [-0.15, -0.1) is 11.3 Å². The van der Waals surface area contributed by atoms with Crippen LogP contribution in [0.1, 0.15) is 33.5 Å². The van der Waals surface area contributed by atoms with Gasteiger partial charge in [-0.1, -0.05) is 6.92 Å². The van der Waals surface area contributed by atoms with Gasteiger partial charge in [-0.25, -0.2) is 0 Å². The smallest absolute Gasteiger partial charge is 0.198 e. The third kappa shape index (κ3) is 2.93. The van der Waals surface area contributed by atoms with Crippen molar-refractivity contribution in [3.63, 3.8) is 0 Å². The van der Waals surface area contributed by atoms with Crippen LogP contribution in [-0.4, -0.2) is 19.0 Å². The quantitative estimate of drug-likeness (QED) is 0.554. The van der Waals surface area contributed by atoms with Crippen LogP contribution in [-0.2, 0) is 4.74 Å². The first kappa shape index (κ1) is 11.4. The van der Waals surface area contributed by atoms with Crippen LogP contribution >= 0.6 is 11.3 Å². The SMILES string of the molecule is CCCOCC(=O)c1cc(C)c(C)s1. The Labute approximate surface area is 88.9 Å². The van der Waals surface area contributed by atoms with Crippen molar-refractivity contribution in [2.45, 2.75) is 27.2 Å². The lowest BCUT2D eigenvalue weighted by molar-refractivity contribution is 0.0765. The summed E-state index contributed by atoms with van der Waals surface area (Å²) in [6.45, 7) is 6.96. The van der Waals surface area contributed by atoms with Gasteiger partial charge in [0.15, 0.2) is 5.78 Å². The number of hydrogen-bond acceptors (Lipinski definition) is 3. The molecule has 0 atom stereocenters. The Kier molecular flexibility index (Phi) is 4.29. The average Bonchev–Trinajstić information content (AvgIpc) is 2.47. The van der Waals surface area contributed by atoms with Crippen LogP contribution in [0.2, 0.25) is 0 Å². The predicted molar refractivity (Wildman–Crippen MR) is 59.2 cm³/mol. The minimum atomic E-state index is 0.0969. The molecule has 3 heteroatoms. The lowest BCUT2D eigenvalue weighted by Crippen LogP contribution is -2.07. The average molecular weight is 212 g/mol. The molecular formula is C11H16O2S. The first-order chi connectivity index (χ1) is 6.65. The lowest BCUT2D eigenvalue weighted by atomic mass is 10.2. The Morgan fingerprint density at radius 1 is 1.50 bits per heavy atom. The number of aryl methyl sites for hydroxylation is 2. The Bertz CT molecular complexity index is 296. The van der Waals surface area contributed by atoms with Crippen molar-refractivity contribution in [2.24, 2.45) is 0 Å². The molecule has 0 amide bonds. The zero-order valence-corrected chi connectivity index (χ0v) is 9.74. The van der Waals surface area contributed by atoms with E-state index in [1.54, 1.807) is 11.3 Å². The van der Waals surface area contributed by atoms with Gasteiger partial charge in [-0.05, 0) is 31.9 Å². The maximum Gasteiger partial charge on any atom is 0.198 e. The fourth-order valence-corrected chi connectivity index (χ4v) is 2.05. The first-order valence-electron chi connectivity index (χ1n) is 4.83. The van der Waals surface area contributed by atoms with E-state index in [0.29, 0.717) is 6.61 Å². The van der Waals surface area contributed by atoms with Gasteiger partial charge in [0.05, 0.1) is 4.88 Å². The number of ketones is 1. The van der Waals surface area contributed by atoms with Crippen molar-refractivity contribution >= 4 is 17.1 Å². The van der Waals surface area contributed by atoms with E-state index in [9.17, 15) is 4.79 Å². The topological polar surface area (TPSA) is 26.3 Å². The summed E-state index contributed by atoms with van der Waals surface area (Å²) in [7, 11) is 0. The van der Waals surface area contributed by atoms with Gasteiger partial charge in [0.25, 0.3) is 0 Å². The molecule has 0 unspecified atom stereocenters. The molecule has 0 saturated carbocycles. The summed E-state index contributed by atoms with van der Waals surface area (Å²) >= 11 is 1.55. The van der Waals surface area contributed by atoms with E-state index in [4.69, 9.17) is 4.74 Å². The second kappa shape index (κ2) is 5.27. The van der Waals surface area contributed by atoms with Crippen molar-refractivity contribution < 1.29 is 9.53 Å². The molecule has 0 aliphatic rings. The van der Waals surface area contributed by atoms with Gasteiger partial charge < -0.3 is 4.74 Å². The predicted octanol–water partition coefficient (Wildman–Crippen LogP) is 2.97. The lowest BCUT2D eigenvalue weighted by Gasteiger charge is -1.98. The Balaban J connectivity index is 2.52. The van der Waals surface area contributed by atoms with Gasteiger partial charge in [0.1, 0.15) is 6.61 Å². The number of Topliss-reactive ketones (excluding diaryl/α,β-unsaturated/α-hetero) is 1. The number of ether oxygens (including phenoxy) is 1. The molecule has 0 radical (unpaired) electrons. The largest absolute Gasteiger partial charge is 0.373 e. The molecule has 0 spiro atoms. The molecule has 0 bridgehead atoms. The molecule has 0 aromatic carbocycles. The van der Waals surface area contributed by atoms with Crippen LogP contribution in [0.25, 0.3) is 0 Å². The van der Waals surface area contributed by atoms with Crippen molar-refractivity contribution in [1.82, 2.24) is 0 Å². The van der Waals surface area contributed by atoms with Crippen LogP contribution in [0.15, 0.2) is 6.07 Å². The van der Waals surface area contributed by atoms with E-state index in [1.807, 2.05) is 26.8 Å². The summed E-state index contributed by atoms with van der Waals surface area (Å²) in [5, 5.41) is 0. The monoisotopic (exact) mass is 212 g/mol. The zero-order valence-electron chi connectivity index (χ0n) is 8.92. The maximum absolute atomic E-state index is 11.6. The molecule has 0 aliphatic heterocycles. The molecule has 1 aromatic rings. The number of hydrogen-bond donors (Lipinski definition) is 0. The van der Waals surface area contributed by atoms with Crippen molar-refractivity contribution in [3.8, 4) is 0 Å². The normalized spacial score (nSPS) is 10.5. The highest BCUT2D eigenvalue weighted by molar-refractivity contribution is 7.14. The maximum atomic E-state index is 11.6. The third-order valence-corrected chi connectivity index (χ3v) is 3.22. The van der Waals surface area contributed by atoms with E-state index >= 15 is 0 Å². The molecule has 0 fully saturated rings. The molecular weight excluding hydrogens is 196 g/mol. The standard InChI is InChI=1S/C11H16O2S/c1-4-5-13-7-10(12)11-6-8(2)9(3)14-11/h6H,4-5,7H2,1-3H3. The molecule has 0 N–H and O–H groups in total. The van der Waals surface area contributed by atoms with Gasteiger partial charge in [0.2, 0.25) is 0 Å². The van der Waals surface area contributed by atoms with Crippen LogP contribution in [0.4, 0.5) is 0 Å². The summed E-state index contributed by atoms with van der Waals surface area (Å²) in [4.78, 5) is 13.6. The van der Waals surface area contributed by atoms with Crippen LogP contribution < -0.4 is 0 Å². The minimum Gasteiger partial charge on any atom is -0.373 e. The number of rotatable bonds is 5. The molecule has 78 valence electrons. The number of carbonyl (C=O) groups excluding carboxylic acids is 1. The first-order valence-corrected chi connectivity index (χ1v) is 5.64. The summed E-state index contributed by atoms with van der Waals surface area (Å²) in [5.74, 6) is 0.0969. The highest BCUT2D eigenvalue weighted by Crippen LogP contribution is 2.20. The summed E-state index contributed by atoms with van der Waals surface area (Å²) < 4.78 is 5.21. The van der Waals surface area contributed by atoms with Gasteiger partial charge >= 0.3 is 0 Å². The van der Waals surface area contributed by atoms with Crippen LogP contribution in [0.5, 0.6) is 0 Å². The van der Waals surface area contributed by atoms with Crippen LogP contribution in [0, 0.1) is 13.8 Å². The third-order valence-electron chi connectivity index (χ3n) is 2.02. The number of thiophene rings is 1. The van der Waals surface area contributed by atoms with Crippen molar-refractivity contribution in [2.75, 3.05) is 13.2 Å². The zero-order chi connectivity index (χ0) is 10.6. The molecule has 1 aromatic heterocycles. The fourth-order valence-electron chi connectivity index (χ4n) is 1.09. The summed E-state index contributed by atoms with van der Waals surface area (Å²) in [6, 6.07) is 1.94. The molecule has 2 nitrogen and oxygen atoms in total. The Morgan fingerprint density at radius 2 is 2.21 bits per heavy atom. The van der Waals surface area contributed by atoms with Crippen molar-refractivity contribution in [1.29, 1.82) is 0 Å². The second-order valence-electron chi connectivity index (χ2n) is 3.33. The van der Waals surface area contributed by atoms with E-state index in [2.05, 4.69) is 0 Å². The molecule has 0 aliphatic carbocycles. The minimum absolute atomic E-state index is 0.0969. The van der Waals surface area contributed by atoms with Gasteiger partial charge in [0, 0.05) is 11.5 Å². The van der Waals surface area contributed by atoms with Crippen molar-refractivity contribution in [3.05, 3.63) is 21.4 Å².